The van der Waals surface area contributed by atoms with Gasteiger partial charge in [-0.3, -0.25) is 4.68 Å². The van der Waals surface area contributed by atoms with Crippen LogP contribution in [0, 0.1) is 6.92 Å². The first-order chi connectivity index (χ1) is 6.49. The minimum absolute atomic E-state index is 0.131. The lowest BCUT2D eigenvalue weighted by Gasteiger charge is -2.08. The van der Waals surface area contributed by atoms with E-state index in [4.69, 9.17) is 0 Å². The number of carbonyl (C=O) groups excluding carboxylic acids is 1. The largest absolute Gasteiger partial charge is 0.336 e. The summed E-state index contributed by atoms with van der Waals surface area (Å²) in [5, 5.41) is 9.59. The maximum absolute atomic E-state index is 11.3. The van der Waals surface area contributed by atoms with Crippen LogP contribution in [0.1, 0.15) is 19.5 Å². The first kappa shape index (κ1) is 10.6. The highest BCUT2D eigenvalue weighted by atomic mass is 16.2. The normalized spacial score (nSPS) is 10.4. The Labute approximate surface area is 83.5 Å². The van der Waals surface area contributed by atoms with Gasteiger partial charge in [0, 0.05) is 19.3 Å². The molecular weight excluding hydrogens is 180 g/mol. The average molecular weight is 196 g/mol. The topological polar surface area (TPSA) is 59.0 Å². The van der Waals surface area contributed by atoms with Gasteiger partial charge in [-0.2, -0.15) is 5.10 Å². The van der Waals surface area contributed by atoms with Crippen LogP contribution in [0.3, 0.4) is 0 Å². The van der Waals surface area contributed by atoms with Gasteiger partial charge in [0.25, 0.3) is 0 Å². The Morgan fingerprint density at radius 1 is 1.57 bits per heavy atom. The van der Waals surface area contributed by atoms with Crippen LogP contribution >= 0.6 is 0 Å². The predicted octanol–water partition coefficient (Wildman–Crippen LogP) is 1.26. The van der Waals surface area contributed by atoms with E-state index in [-0.39, 0.29) is 12.1 Å². The van der Waals surface area contributed by atoms with Gasteiger partial charge in [-0.15, -0.1) is 0 Å². The molecule has 0 aliphatic rings. The van der Waals surface area contributed by atoms with Crippen molar-refractivity contribution >= 4 is 11.7 Å². The third-order valence-corrected chi connectivity index (χ3v) is 1.68. The Kier molecular flexibility index (Phi) is 3.11. The average Bonchev–Trinajstić information content (AvgIpc) is 2.28. The van der Waals surface area contributed by atoms with Crippen LogP contribution in [0.5, 0.6) is 0 Å². The van der Waals surface area contributed by atoms with Crippen molar-refractivity contribution in [3.63, 3.8) is 0 Å². The van der Waals surface area contributed by atoms with Gasteiger partial charge in [0.1, 0.15) is 0 Å². The monoisotopic (exact) mass is 196 g/mol. The van der Waals surface area contributed by atoms with Crippen molar-refractivity contribution in [3.8, 4) is 0 Å². The molecule has 0 fully saturated rings. The van der Waals surface area contributed by atoms with Crippen molar-refractivity contribution in [1.82, 2.24) is 15.1 Å². The molecule has 0 saturated heterocycles. The lowest BCUT2D eigenvalue weighted by atomic mass is 10.4. The zero-order valence-corrected chi connectivity index (χ0v) is 8.96. The summed E-state index contributed by atoms with van der Waals surface area (Å²) in [5.41, 5.74) is 1.55. The van der Waals surface area contributed by atoms with E-state index in [2.05, 4.69) is 15.7 Å². The lowest BCUT2D eigenvalue weighted by molar-refractivity contribution is 0.250. The van der Waals surface area contributed by atoms with E-state index in [1.165, 1.54) is 0 Å². The number of aryl methyl sites for hydroxylation is 2. The maximum atomic E-state index is 11.3. The van der Waals surface area contributed by atoms with Crippen molar-refractivity contribution in [3.05, 3.63) is 11.9 Å². The minimum atomic E-state index is -0.198. The van der Waals surface area contributed by atoms with E-state index in [9.17, 15) is 4.79 Å². The van der Waals surface area contributed by atoms with Gasteiger partial charge < -0.3 is 10.6 Å². The first-order valence-electron chi connectivity index (χ1n) is 4.57. The molecule has 0 atom stereocenters. The quantitative estimate of drug-likeness (QED) is 0.748. The van der Waals surface area contributed by atoms with Crippen molar-refractivity contribution in [2.75, 3.05) is 5.32 Å². The van der Waals surface area contributed by atoms with Crippen molar-refractivity contribution < 1.29 is 4.79 Å². The number of nitrogens with zero attached hydrogens (tertiary/aromatic N) is 2. The minimum Gasteiger partial charge on any atom is -0.336 e. The van der Waals surface area contributed by atoms with Crippen molar-refractivity contribution in [1.29, 1.82) is 0 Å². The van der Waals surface area contributed by atoms with E-state index in [1.54, 1.807) is 10.9 Å². The standard InChI is InChI=1S/C9H16N4O/c1-6(2)10-9(14)11-8-5-13(4)12-7(8)3/h5-6H,1-4H3,(H2,10,11,14). The predicted molar refractivity (Wildman–Crippen MR) is 55.2 cm³/mol. The van der Waals surface area contributed by atoms with Crippen LogP contribution < -0.4 is 10.6 Å². The second-order valence-corrected chi connectivity index (χ2v) is 3.56. The molecule has 0 saturated carbocycles. The number of rotatable bonds is 2. The fourth-order valence-electron chi connectivity index (χ4n) is 1.14. The van der Waals surface area contributed by atoms with Crippen LogP contribution in [0.4, 0.5) is 10.5 Å². The van der Waals surface area contributed by atoms with Crippen LogP contribution in [0.15, 0.2) is 6.20 Å². The molecule has 0 aromatic carbocycles. The molecule has 0 radical (unpaired) electrons. The Morgan fingerprint density at radius 2 is 2.21 bits per heavy atom. The number of anilines is 1. The molecule has 1 rings (SSSR count). The summed E-state index contributed by atoms with van der Waals surface area (Å²) in [6.45, 7) is 5.68. The number of carbonyl (C=O) groups is 1. The summed E-state index contributed by atoms with van der Waals surface area (Å²) in [5.74, 6) is 0. The number of urea groups is 1. The number of hydrogen-bond donors (Lipinski definition) is 2. The zero-order chi connectivity index (χ0) is 10.7. The Balaban J connectivity index is 2.60. The van der Waals surface area contributed by atoms with Gasteiger partial charge in [0.15, 0.2) is 0 Å². The zero-order valence-electron chi connectivity index (χ0n) is 8.96. The van der Waals surface area contributed by atoms with Gasteiger partial charge in [-0.25, -0.2) is 4.79 Å². The van der Waals surface area contributed by atoms with E-state index < -0.39 is 0 Å². The number of aromatic nitrogens is 2. The summed E-state index contributed by atoms with van der Waals surface area (Å²) in [6, 6.07) is -0.0666. The SMILES string of the molecule is Cc1nn(C)cc1NC(=O)NC(C)C. The van der Waals surface area contributed by atoms with E-state index in [0.717, 1.165) is 11.4 Å². The molecule has 5 nitrogen and oxygen atoms in total. The fourth-order valence-corrected chi connectivity index (χ4v) is 1.14. The van der Waals surface area contributed by atoms with E-state index in [0.29, 0.717) is 0 Å². The molecule has 1 aromatic rings. The van der Waals surface area contributed by atoms with Crippen molar-refractivity contribution in [2.45, 2.75) is 26.8 Å². The first-order valence-corrected chi connectivity index (χ1v) is 4.57. The maximum Gasteiger partial charge on any atom is 0.319 e. The number of nitrogens with one attached hydrogen (secondary N) is 2. The molecule has 78 valence electrons. The summed E-state index contributed by atoms with van der Waals surface area (Å²) >= 11 is 0. The smallest absolute Gasteiger partial charge is 0.319 e. The summed E-state index contributed by atoms with van der Waals surface area (Å²) < 4.78 is 1.67. The molecule has 2 N–H and O–H groups in total. The Bertz CT molecular complexity index is 330. The number of hydrogen-bond acceptors (Lipinski definition) is 2. The fraction of sp³-hybridized carbons (Fsp3) is 0.556. The summed E-state index contributed by atoms with van der Waals surface area (Å²) in [7, 11) is 1.82. The second-order valence-electron chi connectivity index (χ2n) is 3.56. The highest BCUT2D eigenvalue weighted by molar-refractivity contribution is 5.89. The van der Waals surface area contributed by atoms with Gasteiger partial charge in [0.05, 0.1) is 11.4 Å². The van der Waals surface area contributed by atoms with Crippen LogP contribution in [-0.2, 0) is 7.05 Å². The third kappa shape index (κ3) is 2.76. The summed E-state index contributed by atoms with van der Waals surface area (Å²) in [4.78, 5) is 11.3. The van der Waals surface area contributed by atoms with E-state index in [1.807, 2.05) is 27.8 Å². The molecular formula is C9H16N4O. The van der Waals surface area contributed by atoms with Gasteiger partial charge >= 0.3 is 6.03 Å². The molecule has 14 heavy (non-hydrogen) atoms. The van der Waals surface area contributed by atoms with Crippen LogP contribution in [0.25, 0.3) is 0 Å². The highest BCUT2D eigenvalue weighted by Crippen LogP contribution is 2.10. The lowest BCUT2D eigenvalue weighted by Crippen LogP contribution is -2.34. The molecule has 0 spiro atoms. The second kappa shape index (κ2) is 4.13. The van der Waals surface area contributed by atoms with Crippen LogP contribution in [-0.4, -0.2) is 21.9 Å². The third-order valence-electron chi connectivity index (χ3n) is 1.68. The van der Waals surface area contributed by atoms with E-state index >= 15 is 0 Å². The van der Waals surface area contributed by atoms with Gasteiger partial charge in [-0.05, 0) is 20.8 Å². The molecule has 0 aliphatic carbocycles. The molecule has 1 aromatic heterocycles. The highest BCUT2D eigenvalue weighted by Gasteiger charge is 2.07. The molecule has 2 amide bonds. The molecule has 0 aliphatic heterocycles. The van der Waals surface area contributed by atoms with Gasteiger partial charge in [0.2, 0.25) is 0 Å². The Hall–Kier alpha value is -1.52. The van der Waals surface area contributed by atoms with Crippen molar-refractivity contribution in [2.24, 2.45) is 7.05 Å². The van der Waals surface area contributed by atoms with Crippen LogP contribution in [0.2, 0.25) is 0 Å². The Morgan fingerprint density at radius 3 is 2.64 bits per heavy atom. The van der Waals surface area contributed by atoms with Gasteiger partial charge in [-0.1, -0.05) is 0 Å². The molecule has 0 unspecified atom stereocenters. The molecule has 0 bridgehead atoms. The molecule has 1 heterocycles. The number of amides is 2. The summed E-state index contributed by atoms with van der Waals surface area (Å²) in [6.07, 6.45) is 1.77. The molecule has 5 heteroatoms.